The summed E-state index contributed by atoms with van der Waals surface area (Å²) in [6.07, 6.45) is 8.84. The zero-order chi connectivity index (χ0) is 19.3. The Morgan fingerprint density at radius 1 is 0.923 bits per heavy atom. The van der Waals surface area contributed by atoms with Crippen LogP contribution in [0.25, 0.3) is 0 Å². The largest absolute Gasteiger partial charge is 0.388 e. The summed E-state index contributed by atoms with van der Waals surface area (Å²) < 4.78 is 34.3. The zero-order valence-corrected chi connectivity index (χ0v) is 17.0. The van der Waals surface area contributed by atoms with Crippen LogP contribution < -0.4 is 0 Å². The molecule has 0 bridgehead atoms. The summed E-state index contributed by atoms with van der Waals surface area (Å²) in [6, 6.07) is 6.41. The smallest absolute Gasteiger partial charge is 0.297 e. The first-order chi connectivity index (χ1) is 12.5. The van der Waals surface area contributed by atoms with Gasteiger partial charge in [0.2, 0.25) is 0 Å². The standard InChI is InChI=1S/C20H34O5S/c1-3-4-5-6-7-8-9-10-15-24-16-19(21)17-25-26(22,23)20-13-11-18(2)12-14-20/h11-14,19,21H,3-10,15-17H2,1-2H3/t19-/m0/s1. The normalized spacial score (nSPS) is 13.0. The molecule has 0 amide bonds. The van der Waals surface area contributed by atoms with Gasteiger partial charge in [0.25, 0.3) is 10.1 Å². The van der Waals surface area contributed by atoms with Crippen molar-refractivity contribution in [3.05, 3.63) is 29.8 Å². The highest BCUT2D eigenvalue weighted by Crippen LogP contribution is 2.13. The van der Waals surface area contributed by atoms with E-state index in [1.807, 2.05) is 6.92 Å². The summed E-state index contributed by atoms with van der Waals surface area (Å²) in [5, 5.41) is 9.81. The predicted molar refractivity (Wildman–Crippen MR) is 104 cm³/mol. The Labute approximate surface area is 158 Å². The molecule has 6 heteroatoms. The highest BCUT2D eigenvalue weighted by molar-refractivity contribution is 7.86. The molecule has 0 saturated carbocycles. The van der Waals surface area contributed by atoms with Crippen molar-refractivity contribution in [2.45, 2.75) is 76.2 Å². The molecule has 26 heavy (non-hydrogen) atoms. The molecule has 0 aromatic heterocycles. The molecule has 0 saturated heterocycles. The molecule has 0 radical (unpaired) electrons. The van der Waals surface area contributed by atoms with Crippen LogP contribution in [0.4, 0.5) is 0 Å². The molecule has 1 atom stereocenters. The number of aliphatic hydroxyl groups excluding tert-OH is 1. The van der Waals surface area contributed by atoms with Crippen LogP contribution in [0.5, 0.6) is 0 Å². The number of hydrogen-bond donors (Lipinski definition) is 1. The maximum atomic E-state index is 12.0. The highest BCUT2D eigenvalue weighted by atomic mass is 32.2. The Hall–Kier alpha value is -0.950. The quantitative estimate of drug-likeness (QED) is 0.361. The fourth-order valence-corrected chi connectivity index (χ4v) is 3.49. The summed E-state index contributed by atoms with van der Waals surface area (Å²) in [7, 11) is -3.84. The second-order valence-corrected chi connectivity index (χ2v) is 8.37. The molecule has 0 unspecified atom stereocenters. The van der Waals surface area contributed by atoms with Crippen LogP contribution in [0.3, 0.4) is 0 Å². The van der Waals surface area contributed by atoms with Gasteiger partial charge in [0.1, 0.15) is 6.10 Å². The van der Waals surface area contributed by atoms with Crippen molar-refractivity contribution in [2.75, 3.05) is 19.8 Å². The summed E-state index contributed by atoms with van der Waals surface area (Å²) in [5.41, 5.74) is 0.971. The molecule has 1 aromatic carbocycles. The summed E-state index contributed by atoms with van der Waals surface area (Å²) >= 11 is 0. The van der Waals surface area contributed by atoms with Crippen LogP contribution in [0, 0.1) is 6.92 Å². The molecule has 0 heterocycles. The number of aliphatic hydroxyl groups is 1. The number of rotatable bonds is 15. The molecule has 0 spiro atoms. The van der Waals surface area contributed by atoms with Crippen molar-refractivity contribution in [2.24, 2.45) is 0 Å². The second-order valence-electron chi connectivity index (χ2n) is 6.76. The van der Waals surface area contributed by atoms with E-state index in [4.69, 9.17) is 8.92 Å². The monoisotopic (exact) mass is 386 g/mol. The van der Waals surface area contributed by atoms with Crippen molar-refractivity contribution in [1.29, 1.82) is 0 Å². The molecule has 0 aliphatic rings. The van der Waals surface area contributed by atoms with Crippen molar-refractivity contribution in [3.8, 4) is 0 Å². The fraction of sp³-hybridized carbons (Fsp3) is 0.700. The van der Waals surface area contributed by atoms with Crippen LogP contribution >= 0.6 is 0 Å². The van der Waals surface area contributed by atoms with Gasteiger partial charge in [0.15, 0.2) is 0 Å². The Bertz CT molecular complexity index is 568. The zero-order valence-electron chi connectivity index (χ0n) is 16.2. The minimum Gasteiger partial charge on any atom is -0.388 e. The van der Waals surface area contributed by atoms with E-state index >= 15 is 0 Å². The van der Waals surface area contributed by atoms with Gasteiger partial charge < -0.3 is 9.84 Å². The first kappa shape index (κ1) is 23.1. The topological polar surface area (TPSA) is 72.8 Å². The maximum Gasteiger partial charge on any atom is 0.297 e. The van der Waals surface area contributed by atoms with Crippen LogP contribution in [-0.4, -0.2) is 39.4 Å². The lowest BCUT2D eigenvalue weighted by Gasteiger charge is -2.12. The van der Waals surface area contributed by atoms with Gasteiger partial charge in [-0.25, -0.2) is 0 Å². The minimum absolute atomic E-state index is 0.0833. The predicted octanol–water partition coefficient (Wildman–Crippen LogP) is 4.22. The lowest BCUT2D eigenvalue weighted by molar-refractivity contribution is 0.0122. The van der Waals surface area contributed by atoms with Gasteiger partial charge in [0, 0.05) is 6.61 Å². The molecular weight excluding hydrogens is 352 g/mol. The van der Waals surface area contributed by atoms with Gasteiger partial charge in [-0.3, -0.25) is 4.18 Å². The summed E-state index contributed by atoms with van der Waals surface area (Å²) in [5.74, 6) is 0. The van der Waals surface area contributed by atoms with Crippen LogP contribution in [-0.2, 0) is 19.0 Å². The Balaban J connectivity index is 2.08. The van der Waals surface area contributed by atoms with Gasteiger partial charge in [-0.1, -0.05) is 69.6 Å². The summed E-state index contributed by atoms with van der Waals surface area (Å²) in [4.78, 5) is 0.0927. The molecule has 0 aliphatic carbocycles. The number of benzene rings is 1. The minimum atomic E-state index is -3.84. The lowest BCUT2D eigenvalue weighted by Crippen LogP contribution is -2.24. The molecule has 0 fully saturated rings. The van der Waals surface area contributed by atoms with E-state index < -0.39 is 16.2 Å². The Morgan fingerprint density at radius 3 is 2.12 bits per heavy atom. The Morgan fingerprint density at radius 2 is 1.50 bits per heavy atom. The van der Waals surface area contributed by atoms with Crippen molar-refractivity contribution >= 4 is 10.1 Å². The molecule has 150 valence electrons. The maximum absolute atomic E-state index is 12.0. The van der Waals surface area contributed by atoms with E-state index in [1.165, 1.54) is 50.7 Å². The van der Waals surface area contributed by atoms with E-state index in [2.05, 4.69) is 6.92 Å². The van der Waals surface area contributed by atoms with E-state index in [9.17, 15) is 13.5 Å². The van der Waals surface area contributed by atoms with Crippen molar-refractivity contribution in [3.63, 3.8) is 0 Å². The average molecular weight is 387 g/mol. The number of unbranched alkanes of at least 4 members (excludes halogenated alkanes) is 7. The highest BCUT2D eigenvalue weighted by Gasteiger charge is 2.17. The van der Waals surface area contributed by atoms with E-state index in [0.29, 0.717) is 6.61 Å². The first-order valence-electron chi connectivity index (χ1n) is 9.67. The Kier molecular flexibility index (Phi) is 11.8. The summed E-state index contributed by atoms with van der Waals surface area (Å²) in [6.45, 7) is 4.46. The van der Waals surface area contributed by atoms with E-state index in [-0.39, 0.29) is 18.1 Å². The van der Waals surface area contributed by atoms with Crippen LogP contribution in [0.15, 0.2) is 29.2 Å². The molecular formula is C20H34O5S. The van der Waals surface area contributed by atoms with E-state index in [0.717, 1.165) is 18.4 Å². The molecule has 1 aromatic rings. The van der Waals surface area contributed by atoms with Gasteiger partial charge >= 0.3 is 0 Å². The van der Waals surface area contributed by atoms with Gasteiger partial charge in [-0.05, 0) is 25.5 Å². The fourth-order valence-electron chi connectivity index (χ4n) is 2.55. The number of hydrogen-bond acceptors (Lipinski definition) is 5. The number of ether oxygens (including phenoxy) is 1. The van der Waals surface area contributed by atoms with Crippen LogP contribution in [0.2, 0.25) is 0 Å². The average Bonchev–Trinajstić information content (AvgIpc) is 2.62. The number of aryl methyl sites for hydroxylation is 1. The molecule has 1 rings (SSSR count). The SMILES string of the molecule is CCCCCCCCCCOC[C@H](O)COS(=O)(=O)c1ccc(C)cc1. The van der Waals surface area contributed by atoms with Gasteiger partial charge in [0.05, 0.1) is 18.1 Å². The third kappa shape index (κ3) is 10.3. The molecule has 0 aliphatic heterocycles. The van der Waals surface area contributed by atoms with Crippen molar-refractivity contribution < 1.29 is 22.4 Å². The van der Waals surface area contributed by atoms with Gasteiger partial charge in [-0.2, -0.15) is 8.42 Å². The third-order valence-corrected chi connectivity index (χ3v) is 5.47. The lowest BCUT2D eigenvalue weighted by atomic mass is 10.1. The van der Waals surface area contributed by atoms with E-state index in [1.54, 1.807) is 12.1 Å². The third-order valence-electron chi connectivity index (χ3n) is 4.18. The first-order valence-corrected chi connectivity index (χ1v) is 11.1. The molecule has 1 N–H and O–H groups in total. The molecule has 5 nitrogen and oxygen atoms in total. The van der Waals surface area contributed by atoms with Gasteiger partial charge in [-0.15, -0.1) is 0 Å². The van der Waals surface area contributed by atoms with Crippen LogP contribution in [0.1, 0.15) is 63.9 Å². The second kappa shape index (κ2) is 13.3. The van der Waals surface area contributed by atoms with Crippen molar-refractivity contribution in [1.82, 2.24) is 0 Å².